The predicted octanol–water partition coefficient (Wildman–Crippen LogP) is 4.13. The Morgan fingerprint density at radius 1 is 1.24 bits per heavy atom. The zero-order valence-electron chi connectivity index (χ0n) is 15.6. The van der Waals surface area contributed by atoms with Crippen LogP contribution in [0.3, 0.4) is 0 Å². The number of carbonyl (C=O) groups is 1. The van der Waals surface area contributed by atoms with E-state index >= 15 is 0 Å². The molecule has 1 fully saturated rings. The molecule has 25 heavy (non-hydrogen) atoms. The molecule has 0 spiro atoms. The number of anilines is 1. The smallest absolute Gasteiger partial charge is 0.262 e. The molecule has 1 aliphatic carbocycles. The third-order valence-electron chi connectivity index (χ3n) is 5.13. The first-order chi connectivity index (χ1) is 12.1. The van der Waals surface area contributed by atoms with Crippen LogP contribution in [0.25, 0.3) is 6.08 Å². The molecule has 0 radical (unpaired) electrons. The van der Waals surface area contributed by atoms with Gasteiger partial charge in [-0.1, -0.05) is 31.9 Å². The lowest BCUT2D eigenvalue weighted by atomic mass is 9.86. The lowest BCUT2D eigenvalue weighted by Crippen LogP contribution is -2.41. The normalized spacial score (nSPS) is 20.6. The van der Waals surface area contributed by atoms with Crippen LogP contribution >= 0.6 is 0 Å². The van der Waals surface area contributed by atoms with Gasteiger partial charge in [-0.25, -0.2) is 0 Å². The molecule has 2 rings (SSSR count). The Balaban J connectivity index is 2.08. The first kappa shape index (κ1) is 19.1. The fourth-order valence-electron chi connectivity index (χ4n) is 3.46. The summed E-state index contributed by atoms with van der Waals surface area (Å²) in [7, 11) is 0. The highest BCUT2D eigenvalue weighted by molar-refractivity contribution is 6.01. The van der Waals surface area contributed by atoms with Crippen molar-refractivity contribution in [1.82, 2.24) is 5.32 Å². The lowest BCUT2D eigenvalue weighted by molar-refractivity contribution is -0.118. The fraction of sp³-hybridized carbons (Fsp3) is 0.524. The van der Waals surface area contributed by atoms with E-state index in [9.17, 15) is 10.1 Å². The summed E-state index contributed by atoms with van der Waals surface area (Å²) in [6.45, 7) is 8.34. The first-order valence-electron chi connectivity index (χ1n) is 9.36. The molecule has 1 N–H and O–H groups in total. The van der Waals surface area contributed by atoms with E-state index in [1.165, 1.54) is 6.42 Å². The van der Waals surface area contributed by atoms with E-state index in [-0.39, 0.29) is 17.5 Å². The van der Waals surface area contributed by atoms with Gasteiger partial charge in [0.25, 0.3) is 5.91 Å². The van der Waals surface area contributed by atoms with Crippen molar-refractivity contribution in [1.29, 1.82) is 5.26 Å². The van der Waals surface area contributed by atoms with Crippen LogP contribution in [0.1, 0.15) is 52.0 Å². The van der Waals surface area contributed by atoms with Gasteiger partial charge in [0, 0.05) is 24.8 Å². The molecule has 4 nitrogen and oxygen atoms in total. The Kier molecular flexibility index (Phi) is 7.06. The second-order valence-electron chi connectivity index (χ2n) is 6.78. The second kappa shape index (κ2) is 9.27. The number of nitrogens with zero attached hydrogens (tertiary/aromatic N) is 2. The number of nitriles is 1. The third-order valence-corrected chi connectivity index (χ3v) is 5.13. The number of hydrogen-bond acceptors (Lipinski definition) is 3. The maximum absolute atomic E-state index is 12.5. The molecule has 1 aliphatic rings. The molecule has 0 heterocycles. The number of carbonyl (C=O) groups excluding carboxylic acids is 1. The standard InChI is InChI=1S/C21H29N3O/c1-4-24(5-2)19-12-10-17(11-13-19)14-18(15-22)21(25)23-20-9-7-6-8-16(20)3/h10-14,16,20H,4-9H2,1-3H3,(H,23,25)/b18-14+/t16-,20-/m0/s1. The summed E-state index contributed by atoms with van der Waals surface area (Å²) in [6, 6.07) is 10.2. The summed E-state index contributed by atoms with van der Waals surface area (Å²) in [5.41, 5.74) is 2.20. The molecule has 134 valence electrons. The minimum Gasteiger partial charge on any atom is -0.372 e. The first-order valence-corrected chi connectivity index (χ1v) is 9.36. The van der Waals surface area contributed by atoms with E-state index in [4.69, 9.17) is 0 Å². The Bertz CT molecular complexity index is 638. The van der Waals surface area contributed by atoms with Crippen molar-refractivity contribution >= 4 is 17.7 Å². The van der Waals surface area contributed by atoms with E-state index in [0.29, 0.717) is 5.92 Å². The summed E-state index contributed by atoms with van der Waals surface area (Å²) in [4.78, 5) is 14.7. The highest BCUT2D eigenvalue weighted by atomic mass is 16.1. The summed E-state index contributed by atoms with van der Waals surface area (Å²) >= 11 is 0. The van der Waals surface area contributed by atoms with Crippen LogP contribution in [-0.4, -0.2) is 25.0 Å². The Labute approximate surface area is 151 Å². The van der Waals surface area contributed by atoms with Gasteiger partial charge in [-0.15, -0.1) is 0 Å². The van der Waals surface area contributed by atoms with Crippen LogP contribution in [0.15, 0.2) is 29.8 Å². The van der Waals surface area contributed by atoms with Gasteiger partial charge in [0.05, 0.1) is 0 Å². The number of benzene rings is 1. The van der Waals surface area contributed by atoms with E-state index in [2.05, 4.69) is 37.1 Å². The minimum atomic E-state index is -0.255. The van der Waals surface area contributed by atoms with Gasteiger partial charge in [-0.05, 0) is 56.4 Å². The van der Waals surface area contributed by atoms with Crippen LogP contribution in [-0.2, 0) is 4.79 Å². The highest BCUT2D eigenvalue weighted by Gasteiger charge is 2.24. The minimum absolute atomic E-state index is 0.174. The fourth-order valence-corrected chi connectivity index (χ4v) is 3.46. The number of amides is 1. The molecule has 1 aromatic carbocycles. The molecule has 4 heteroatoms. The largest absolute Gasteiger partial charge is 0.372 e. The topological polar surface area (TPSA) is 56.1 Å². The zero-order chi connectivity index (χ0) is 18.2. The van der Waals surface area contributed by atoms with Crippen LogP contribution in [0.2, 0.25) is 0 Å². The van der Waals surface area contributed by atoms with Crippen molar-refractivity contribution in [3.63, 3.8) is 0 Å². The molecule has 1 amide bonds. The SMILES string of the molecule is CCN(CC)c1ccc(/C=C(\C#N)C(=O)N[C@H]2CCCC[C@@H]2C)cc1. The van der Waals surface area contributed by atoms with Gasteiger partial charge >= 0.3 is 0 Å². The van der Waals surface area contributed by atoms with Crippen LogP contribution in [0, 0.1) is 17.2 Å². The van der Waals surface area contributed by atoms with Crippen molar-refractivity contribution in [2.75, 3.05) is 18.0 Å². The molecule has 0 saturated heterocycles. The molecule has 1 saturated carbocycles. The quantitative estimate of drug-likeness (QED) is 0.626. The Hall–Kier alpha value is -2.28. The van der Waals surface area contributed by atoms with E-state index in [0.717, 1.165) is 43.6 Å². The summed E-state index contributed by atoms with van der Waals surface area (Å²) in [6.07, 6.45) is 6.20. The molecule has 2 atom stereocenters. The summed E-state index contributed by atoms with van der Waals surface area (Å²) in [5, 5.41) is 12.4. The zero-order valence-corrected chi connectivity index (χ0v) is 15.6. The lowest BCUT2D eigenvalue weighted by Gasteiger charge is -2.29. The second-order valence-corrected chi connectivity index (χ2v) is 6.78. The summed E-state index contributed by atoms with van der Waals surface area (Å²) in [5.74, 6) is 0.222. The van der Waals surface area contributed by atoms with Crippen molar-refractivity contribution < 1.29 is 4.79 Å². The Morgan fingerprint density at radius 2 is 1.88 bits per heavy atom. The summed E-state index contributed by atoms with van der Waals surface area (Å²) < 4.78 is 0. The molecule has 0 aliphatic heterocycles. The third kappa shape index (κ3) is 5.09. The van der Waals surface area contributed by atoms with Gasteiger partial charge in [-0.2, -0.15) is 5.26 Å². The molecule has 0 unspecified atom stereocenters. The molecule has 0 bridgehead atoms. The number of nitrogens with one attached hydrogen (secondary N) is 1. The van der Waals surface area contributed by atoms with Gasteiger partial charge in [0.2, 0.25) is 0 Å². The molecular weight excluding hydrogens is 310 g/mol. The molecular formula is C21H29N3O. The van der Waals surface area contributed by atoms with Gasteiger partial charge in [0.15, 0.2) is 0 Å². The number of rotatable bonds is 6. The van der Waals surface area contributed by atoms with E-state index in [1.54, 1.807) is 6.08 Å². The van der Waals surface area contributed by atoms with Crippen molar-refractivity contribution in [2.45, 2.75) is 52.5 Å². The van der Waals surface area contributed by atoms with Crippen LogP contribution in [0.5, 0.6) is 0 Å². The van der Waals surface area contributed by atoms with Crippen molar-refractivity contribution in [3.05, 3.63) is 35.4 Å². The van der Waals surface area contributed by atoms with E-state index in [1.807, 2.05) is 24.3 Å². The van der Waals surface area contributed by atoms with Gasteiger partial charge in [-0.3, -0.25) is 4.79 Å². The maximum atomic E-state index is 12.5. The predicted molar refractivity (Wildman–Crippen MR) is 103 cm³/mol. The molecule has 0 aromatic heterocycles. The highest BCUT2D eigenvalue weighted by Crippen LogP contribution is 2.24. The molecule has 1 aromatic rings. The van der Waals surface area contributed by atoms with Crippen LogP contribution in [0.4, 0.5) is 5.69 Å². The average Bonchev–Trinajstić information content (AvgIpc) is 2.63. The Morgan fingerprint density at radius 3 is 2.44 bits per heavy atom. The number of hydrogen-bond donors (Lipinski definition) is 1. The van der Waals surface area contributed by atoms with Gasteiger partial charge < -0.3 is 10.2 Å². The average molecular weight is 339 g/mol. The van der Waals surface area contributed by atoms with E-state index < -0.39 is 0 Å². The van der Waals surface area contributed by atoms with Gasteiger partial charge in [0.1, 0.15) is 11.6 Å². The maximum Gasteiger partial charge on any atom is 0.262 e. The van der Waals surface area contributed by atoms with Crippen molar-refractivity contribution in [3.8, 4) is 6.07 Å². The van der Waals surface area contributed by atoms with Crippen molar-refractivity contribution in [2.24, 2.45) is 5.92 Å². The van der Waals surface area contributed by atoms with Crippen LogP contribution < -0.4 is 10.2 Å². The monoisotopic (exact) mass is 339 g/mol.